The fraction of sp³-hybridized carbons (Fsp3) is 0.500. The summed E-state index contributed by atoms with van der Waals surface area (Å²) in [5.74, 6) is 0. The van der Waals surface area contributed by atoms with Crippen molar-refractivity contribution >= 4 is 11.4 Å². The number of benzene rings is 1. The van der Waals surface area contributed by atoms with E-state index in [2.05, 4.69) is 74.5 Å². The lowest BCUT2D eigenvalue weighted by molar-refractivity contribution is 0.782. The third kappa shape index (κ3) is 4.44. The van der Waals surface area contributed by atoms with Crippen molar-refractivity contribution in [2.24, 2.45) is 0 Å². The summed E-state index contributed by atoms with van der Waals surface area (Å²) in [6.45, 7) is 9.72. The molecule has 0 spiro atoms. The van der Waals surface area contributed by atoms with E-state index in [0.29, 0.717) is 6.04 Å². The van der Waals surface area contributed by atoms with E-state index in [-0.39, 0.29) is 0 Å². The lowest BCUT2D eigenvalue weighted by Gasteiger charge is -2.25. The summed E-state index contributed by atoms with van der Waals surface area (Å²) in [7, 11) is 0. The number of unbranched alkanes of at least 4 members (excludes halogenated alkanes) is 1. The first-order valence-corrected chi connectivity index (χ1v) is 6.94. The number of anilines is 2. The molecule has 0 bridgehead atoms. The highest BCUT2D eigenvalue weighted by molar-refractivity contribution is 5.57. The topological polar surface area (TPSA) is 15.3 Å². The van der Waals surface area contributed by atoms with Crippen LogP contribution in [0.5, 0.6) is 0 Å². The zero-order valence-electron chi connectivity index (χ0n) is 12.1. The van der Waals surface area contributed by atoms with E-state index < -0.39 is 0 Å². The van der Waals surface area contributed by atoms with Crippen LogP contribution in [-0.4, -0.2) is 12.6 Å². The predicted molar refractivity (Wildman–Crippen MR) is 82.3 cm³/mol. The van der Waals surface area contributed by atoms with Crippen LogP contribution in [0.3, 0.4) is 0 Å². The van der Waals surface area contributed by atoms with Gasteiger partial charge in [-0.2, -0.15) is 0 Å². The molecule has 2 heteroatoms. The fourth-order valence-corrected chi connectivity index (χ4v) is 1.88. The van der Waals surface area contributed by atoms with Crippen molar-refractivity contribution in [2.45, 2.75) is 46.6 Å². The van der Waals surface area contributed by atoms with Crippen LogP contribution in [0.1, 0.15) is 40.5 Å². The Balaban J connectivity index is 2.68. The van der Waals surface area contributed by atoms with Crippen LogP contribution in [0.25, 0.3) is 0 Å². The van der Waals surface area contributed by atoms with E-state index >= 15 is 0 Å². The van der Waals surface area contributed by atoms with Crippen LogP contribution >= 0.6 is 0 Å². The monoisotopic (exact) mass is 246 g/mol. The number of nitrogens with one attached hydrogen (secondary N) is 1. The van der Waals surface area contributed by atoms with E-state index in [9.17, 15) is 0 Å². The first-order chi connectivity index (χ1) is 8.69. The lowest BCUT2D eigenvalue weighted by Crippen LogP contribution is -2.24. The zero-order chi connectivity index (χ0) is 13.4. The van der Waals surface area contributed by atoms with Gasteiger partial charge in [0.2, 0.25) is 0 Å². The van der Waals surface area contributed by atoms with Gasteiger partial charge in [-0.05, 0) is 51.5 Å². The largest absolute Gasteiger partial charge is 0.385 e. The maximum atomic E-state index is 3.44. The molecular weight excluding hydrogens is 220 g/mol. The Labute approximate surface area is 112 Å². The highest BCUT2D eigenvalue weighted by Crippen LogP contribution is 2.20. The zero-order valence-corrected chi connectivity index (χ0v) is 12.1. The number of hydrogen-bond acceptors (Lipinski definition) is 2. The van der Waals surface area contributed by atoms with Crippen LogP contribution in [0.4, 0.5) is 11.4 Å². The van der Waals surface area contributed by atoms with Gasteiger partial charge in [0.1, 0.15) is 0 Å². The maximum absolute atomic E-state index is 3.44. The molecule has 0 unspecified atom stereocenters. The van der Waals surface area contributed by atoms with Gasteiger partial charge in [-0.15, -0.1) is 0 Å². The summed E-state index contributed by atoms with van der Waals surface area (Å²) in [5, 5.41) is 3.44. The Kier molecular flexibility index (Phi) is 6.34. The minimum atomic E-state index is 0.472. The van der Waals surface area contributed by atoms with E-state index in [1.165, 1.54) is 24.2 Å². The molecule has 1 rings (SSSR count). The molecule has 18 heavy (non-hydrogen) atoms. The van der Waals surface area contributed by atoms with Gasteiger partial charge in [0.25, 0.3) is 0 Å². The number of rotatable bonds is 7. The molecule has 0 aromatic heterocycles. The van der Waals surface area contributed by atoms with Gasteiger partial charge >= 0.3 is 0 Å². The summed E-state index contributed by atoms with van der Waals surface area (Å²) in [6.07, 6.45) is 6.66. The number of hydrogen-bond donors (Lipinski definition) is 1. The summed E-state index contributed by atoms with van der Waals surface area (Å²) in [4.78, 5) is 2.27. The smallest absolute Gasteiger partial charge is 0.0409 e. The van der Waals surface area contributed by atoms with Gasteiger partial charge in [-0.1, -0.05) is 19.4 Å². The quantitative estimate of drug-likeness (QED) is 0.705. The number of nitrogens with zero attached hydrogens (tertiary/aromatic N) is 1. The Morgan fingerprint density at radius 2 is 1.89 bits per heavy atom. The average molecular weight is 246 g/mol. The first kappa shape index (κ1) is 14.6. The molecule has 2 nitrogen and oxygen atoms in total. The second kappa shape index (κ2) is 7.80. The Morgan fingerprint density at radius 3 is 2.39 bits per heavy atom. The normalized spacial score (nSPS) is 11.2. The van der Waals surface area contributed by atoms with Gasteiger partial charge in [0, 0.05) is 30.2 Å². The van der Waals surface area contributed by atoms with Crippen molar-refractivity contribution in [1.82, 2.24) is 0 Å². The third-order valence-electron chi connectivity index (χ3n) is 2.89. The summed E-state index contributed by atoms with van der Waals surface area (Å²) < 4.78 is 0. The summed E-state index contributed by atoms with van der Waals surface area (Å²) in [5.41, 5.74) is 2.44. The van der Waals surface area contributed by atoms with Gasteiger partial charge in [0.15, 0.2) is 0 Å². The van der Waals surface area contributed by atoms with Crippen LogP contribution in [0.2, 0.25) is 0 Å². The molecule has 0 aliphatic carbocycles. The van der Waals surface area contributed by atoms with Gasteiger partial charge in [-0.25, -0.2) is 0 Å². The Morgan fingerprint density at radius 1 is 1.22 bits per heavy atom. The van der Waals surface area contributed by atoms with E-state index in [4.69, 9.17) is 0 Å². The van der Waals surface area contributed by atoms with Gasteiger partial charge in [-0.3, -0.25) is 0 Å². The average Bonchev–Trinajstić information content (AvgIpc) is 2.37. The van der Waals surface area contributed by atoms with E-state index in [0.717, 1.165) is 6.54 Å². The van der Waals surface area contributed by atoms with E-state index in [1.807, 2.05) is 0 Å². The molecule has 0 aliphatic heterocycles. The van der Waals surface area contributed by atoms with Crippen molar-refractivity contribution in [3.05, 3.63) is 36.5 Å². The molecule has 1 aromatic carbocycles. The first-order valence-electron chi connectivity index (χ1n) is 6.94. The second-order valence-electron chi connectivity index (χ2n) is 4.81. The van der Waals surface area contributed by atoms with Crippen molar-refractivity contribution < 1.29 is 0 Å². The molecule has 0 radical (unpaired) electrons. The highest BCUT2D eigenvalue weighted by atomic mass is 15.1. The van der Waals surface area contributed by atoms with Crippen molar-refractivity contribution in [1.29, 1.82) is 0 Å². The Bertz CT molecular complexity index is 352. The number of allylic oxidation sites excluding steroid dienone is 1. The third-order valence-corrected chi connectivity index (χ3v) is 2.89. The molecule has 0 saturated carbocycles. The Hall–Kier alpha value is -1.44. The molecule has 0 saturated heterocycles. The van der Waals surface area contributed by atoms with Crippen LogP contribution in [0, 0.1) is 0 Å². The molecule has 0 aliphatic rings. The molecule has 0 fully saturated rings. The predicted octanol–water partition coefficient (Wildman–Crippen LogP) is 4.65. The molecule has 1 aromatic rings. The van der Waals surface area contributed by atoms with Crippen LogP contribution in [0.15, 0.2) is 36.5 Å². The maximum Gasteiger partial charge on any atom is 0.0409 e. The molecular formula is C16H26N2. The minimum Gasteiger partial charge on any atom is -0.385 e. The summed E-state index contributed by atoms with van der Waals surface area (Å²) in [6, 6.07) is 9.14. The van der Waals surface area contributed by atoms with Gasteiger partial charge in [0.05, 0.1) is 0 Å². The minimum absolute atomic E-state index is 0.472. The lowest BCUT2D eigenvalue weighted by atomic mass is 10.2. The second-order valence-corrected chi connectivity index (χ2v) is 4.81. The summed E-state index contributed by atoms with van der Waals surface area (Å²) >= 11 is 0. The van der Waals surface area contributed by atoms with Crippen LogP contribution < -0.4 is 10.2 Å². The molecule has 100 valence electrons. The standard InChI is InChI=1S/C16H26N2/c1-5-7-12-17-15-8-10-16(11-9-15)18(13-6-2)14(3)4/h6,8-11,13-14,17H,5,7,12H2,1-4H3/b13-6+. The molecule has 0 heterocycles. The van der Waals surface area contributed by atoms with E-state index in [1.54, 1.807) is 0 Å². The molecule has 0 atom stereocenters. The van der Waals surface area contributed by atoms with Crippen molar-refractivity contribution in [2.75, 3.05) is 16.8 Å². The van der Waals surface area contributed by atoms with Crippen molar-refractivity contribution in [3.8, 4) is 0 Å². The van der Waals surface area contributed by atoms with Crippen LogP contribution in [-0.2, 0) is 0 Å². The molecule has 0 amide bonds. The van der Waals surface area contributed by atoms with Gasteiger partial charge < -0.3 is 10.2 Å². The van der Waals surface area contributed by atoms with Crippen molar-refractivity contribution in [3.63, 3.8) is 0 Å². The highest BCUT2D eigenvalue weighted by Gasteiger charge is 2.06. The molecule has 1 N–H and O–H groups in total. The SMILES string of the molecule is C/C=C/N(c1ccc(NCCCC)cc1)C(C)C. The fourth-order valence-electron chi connectivity index (χ4n) is 1.88.